The molecule has 5 aromatic rings. The number of aryl methyl sites for hydroxylation is 5. The SMILES string of the molecule is COC(=O)c1ccc2c(c1)c(CCc1ccc(C)cc1)c(-c1ccsc1)n2CCc1nn[nH]n1. The van der Waals surface area contributed by atoms with Gasteiger partial charge in [-0.2, -0.15) is 16.6 Å². The van der Waals surface area contributed by atoms with Crippen LogP contribution in [0.3, 0.4) is 0 Å². The van der Waals surface area contributed by atoms with Gasteiger partial charge in [-0.3, -0.25) is 0 Å². The van der Waals surface area contributed by atoms with Crippen LogP contribution in [0.25, 0.3) is 22.2 Å². The van der Waals surface area contributed by atoms with E-state index in [-0.39, 0.29) is 5.97 Å². The predicted octanol–water partition coefficient (Wildman–Crippen LogP) is 5.01. The molecule has 0 spiro atoms. The quantitative estimate of drug-likeness (QED) is 0.322. The smallest absolute Gasteiger partial charge is 0.337 e. The molecule has 0 unspecified atom stereocenters. The minimum absolute atomic E-state index is 0.331. The second-order valence-electron chi connectivity index (χ2n) is 8.28. The maximum atomic E-state index is 12.3. The first-order chi connectivity index (χ1) is 16.6. The largest absolute Gasteiger partial charge is 0.465 e. The number of hydrogen-bond donors (Lipinski definition) is 1. The van der Waals surface area contributed by atoms with E-state index in [4.69, 9.17) is 4.74 Å². The molecule has 2 aromatic carbocycles. The summed E-state index contributed by atoms with van der Waals surface area (Å²) in [7, 11) is 1.41. The third kappa shape index (κ3) is 4.36. The van der Waals surface area contributed by atoms with Gasteiger partial charge in [-0.05, 0) is 60.5 Å². The first-order valence-corrected chi connectivity index (χ1v) is 12.1. The van der Waals surface area contributed by atoms with Gasteiger partial charge in [-0.1, -0.05) is 35.0 Å². The number of carbonyl (C=O) groups is 1. The van der Waals surface area contributed by atoms with E-state index in [1.165, 1.54) is 35.1 Å². The van der Waals surface area contributed by atoms with Crippen LogP contribution in [-0.4, -0.2) is 38.3 Å². The summed E-state index contributed by atoms with van der Waals surface area (Å²) in [5, 5.41) is 19.8. The lowest BCUT2D eigenvalue weighted by molar-refractivity contribution is 0.0601. The molecule has 3 aromatic heterocycles. The maximum Gasteiger partial charge on any atom is 0.337 e. The van der Waals surface area contributed by atoms with Crippen molar-refractivity contribution in [2.75, 3.05) is 7.11 Å². The van der Waals surface area contributed by atoms with Crippen LogP contribution >= 0.6 is 11.3 Å². The average molecular weight is 472 g/mol. The van der Waals surface area contributed by atoms with Gasteiger partial charge in [0, 0.05) is 34.8 Å². The number of rotatable bonds is 8. The van der Waals surface area contributed by atoms with Crippen LogP contribution in [0.4, 0.5) is 0 Å². The molecule has 3 heterocycles. The minimum Gasteiger partial charge on any atom is -0.465 e. The van der Waals surface area contributed by atoms with E-state index in [0.717, 1.165) is 23.7 Å². The lowest BCUT2D eigenvalue weighted by Gasteiger charge is -2.11. The number of carbonyl (C=O) groups excluding carboxylic acids is 1. The van der Waals surface area contributed by atoms with E-state index in [2.05, 4.69) is 73.2 Å². The maximum absolute atomic E-state index is 12.3. The van der Waals surface area contributed by atoms with Crippen molar-refractivity contribution in [3.8, 4) is 11.3 Å². The summed E-state index contributed by atoms with van der Waals surface area (Å²) < 4.78 is 7.32. The number of tetrazole rings is 1. The van der Waals surface area contributed by atoms with Crippen molar-refractivity contribution in [1.82, 2.24) is 25.2 Å². The highest BCUT2D eigenvalue weighted by molar-refractivity contribution is 7.08. The fourth-order valence-electron chi connectivity index (χ4n) is 4.41. The molecule has 5 rings (SSSR count). The zero-order chi connectivity index (χ0) is 23.5. The van der Waals surface area contributed by atoms with E-state index in [1.807, 2.05) is 18.2 Å². The van der Waals surface area contributed by atoms with Crippen molar-refractivity contribution in [2.24, 2.45) is 0 Å². The number of aromatic amines is 1. The molecule has 0 atom stereocenters. The standard InChI is InChI=1S/C26H25N5O2S/c1-17-3-5-18(6-4-17)7-9-21-22-15-19(26(32)33-2)8-10-23(22)31(13-11-24-27-29-30-28-24)25(21)20-12-14-34-16-20/h3-6,8,10,12,14-16H,7,9,11,13H2,1-2H3,(H,27,28,29,30). The van der Waals surface area contributed by atoms with Gasteiger partial charge in [0.25, 0.3) is 0 Å². The summed E-state index contributed by atoms with van der Waals surface area (Å²) in [6, 6.07) is 16.6. The normalized spacial score (nSPS) is 11.2. The Morgan fingerprint density at radius 3 is 2.65 bits per heavy atom. The van der Waals surface area contributed by atoms with Crippen LogP contribution in [0.5, 0.6) is 0 Å². The van der Waals surface area contributed by atoms with Crippen LogP contribution in [0.15, 0.2) is 59.3 Å². The number of thiophene rings is 1. The number of nitrogens with zero attached hydrogens (tertiary/aromatic N) is 4. The van der Waals surface area contributed by atoms with Crippen molar-refractivity contribution in [2.45, 2.75) is 32.7 Å². The first kappa shape index (κ1) is 22.0. The molecule has 0 amide bonds. The molecular weight excluding hydrogens is 446 g/mol. The lowest BCUT2D eigenvalue weighted by Crippen LogP contribution is -2.05. The van der Waals surface area contributed by atoms with Gasteiger partial charge in [0.1, 0.15) is 0 Å². The van der Waals surface area contributed by atoms with Gasteiger partial charge in [0.15, 0.2) is 5.82 Å². The summed E-state index contributed by atoms with van der Waals surface area (Å²) in [5.74, 6) is 0.341. The molecule has 7 nitrogen and oxygen atoms in total. The molecule has 172 valence electrons. The fraction of sp³-hybridized carbons (Fsp3) is 0.231. The number of nitrogens with one attached hydrogen (secondary N) is 1. The van der Waals surface area contributed by atoms with E-state index in [1.54, 1.807) is 11.3 Å². The van der Waals surface area contributed by atoms with Gasteiger partial charge in [-0.25, -0.2) is 4.79 Å². The van der Waals surface area contributed by atoms with Crippen LogP contribution in [0.1, 0.15) is 32.9 Å². The average Bonchev–Trinajstić information content (AvgIpc) is 3.62. The Kier molecular flexibility index (Phi) is 6.22. The molecule has 0 saturated carbocycles. The van der Waals surface area contributed by atoms with Crippen molar-refractivity contribution >= 4 is 28.2 Å². The second-order valence-corrected chi connectivity index (χ2v) is 9.06. The van der Waals surface area contributed by atoms with Crippen LogP contribution in [-0.2, 0) is 30.5 Å². The van der Waals surface area contributed by atoms with Gasteiger partial charge < -0.3 is 9.30 Å². The molecule has 0 bridgehead atoms. The van der Waals surface area contributed by atoms with Gasteiger partial charge in [0.05, 0.1) is 18.4 Å². The summed E-state index contributed by atoms with van der Waals surface area (Å²) >= 11 is 1.68. The van der Waals surface area contributed by atoms with E-state index < -0.39 is 0 Å². The number of esters is 1. The predicted molar refractivity (Wildman–Crippen MR) is 133 cm³/mol. The number of fused-ring (bicyclic) bond motifs is 1. The number of aromatic nitrogens is 5. The molecule has 8 heteroatoms. The van der Waals surface area contributed by atoms with Crippen molar-refractivity contribution < 1.29 is 9.53 Å². The Morgan fingerprint density at radius 2 is 1.94 bits per heavy atom. The highest BCUT2D eigenvalue weighted by atomic mass is 32.1. The second kappa shape index (κ2) is 9.61. The van der Waals surface area contributed by atoms with Crippen LogP contribution < -0.4 is 0 Å². The van der Waals surface area contributed by atoms with Crippen LogP contribution in [0, 0.1) is 6.92 Å². The monoisotopic (exact) mass is 471 g/mol. The van der Waals surface area contributed by atoms with E-state index in [9.17, 15) is 4.79 Å². The first-order valence-electron chi connectivity index (χ1n) is 11.2. The topological polar surface area (TPSA) is 85.7 Å². The molecule has 34 heavy (non-hydrogen) atoms. The summed E-state index contributed by atoms with van der Waals surface area (Å²) in [4.78, 5) is 12.3. The molecule has 0 aliphatic heterocycles. The highest BCUT2D eigenvalue weighted by Crippen LogP contribution is 2.36. The number of hydrogen-bond acceptors (Lipinski definition) is 6. The van der Waals surface area contributed by atoms with Crippen molar-refractivity contribution in [3.05, 3.63) is 87.4 Å². The number of H-pyrrole nitrogens is 1. The molecule has 0 aliphatic carbocycles. The van der Waals surface area contributed by atoms with Crippen LogP contribution in [0.2, 0.25) is 0 Å². The van der Waals surface area contributed by atoms with Gasteiger partial charge in [0.2, 0.25) is 0 Å². The minimum atomic E-state index is -0.331. The highest BCUT2D eigenvalue weighted by Gasteiger charge is 2.21. The Labute approximate surface area is 201 Å². The molecular formula is C26H25N5O2S. The molecule has 1 N–H and O–H groups in total. The molecule has 0 fully saturated rings. The third-order valence-corrected chi connectivity index (χ3v) is 6.80. The Balaban J connectivity index is 1.64. The molecule has 0 radical (unpaired) electrons. The summed E-state index contributed by atoms with van der Waals surface area (Å²) in [6.45, 7) is 2.80. The zero-order valence-electron chi connectivity index (χ0n) is 19.1. The Morgan fingerprint density at radius 1 is 1.09 bits per heavy atom. The van der Waals surface area contributed by atoms with Gasteiger partial charge in [-0.15, -0.1) is 10.2 Å². The number of benzene rings is 2. The number of ether oxygens (including phenoxy) is 1. The van der Waals surface area contributed by atoms with Crippen molar-refractivity contribution in [3.63, 3.8) is 0 Å². The molecule has 0 aliphatic rings. The molecule has 0 saturated heterocycles. The lowest BCUT2D eigenvalue weighted by atomic mass is 9.98. The Hall–Kier alpha value is -3.78. The van der Waals surface area contributed by atoms with Crippen molar-refractivity contribution in [1.29, 1.82) is 0 Å². The van der Waals surface area contributed by atoms with E-state index in [0.29, 0.717) is 24.4 Å². The summed E-state index contributed by atoms with van der Waals surface area (Å²) in [6.07, 6.45) is 2.40. The third-order valence-electron chi connectivity index (χ3n) is 6.12. The fourth-order valence-corrected chi connectivity index (χ4v) is 5.05. The number of methoxy groups -OCH3 is 1. The zero-order valence-corrected chi connectivity index (χ0v) is 19.9. The summed E-state index contributed by atoms with van der Waals surface area (Å²) in [5.41, 5.74) is 7.76. The Bertz CT molecular complexity index is 1400. The van der Waals surface area contributed by atoms with E-state index >= 15 is 0 Å². The van der Waals surface area contributed by atoms with Gasteiger partial charge >= 0.3 is 5.97 Å².